The number of rotatable bonds is 10. The van der Waals surface area contributed by atoms with Gasteiger partial charge in [0.25, 0.3) is 0 Å². The maximum atomic E-state index is 9.45. The lowest BCUT2D eigenvalue weighted by atomic mass is 10.0. The van der Waals surface area contributed by atoms with Crippen LogP contribution in [0.1, 0.15) is 64.0 Å². The van der Waals surface area contributed by atoms with Gasteiger partial charge in [0, 0.05) is 0 Å². The maximum absolute atomic E-state index is 9.45. The van der Waals surface area contributed by atoms with Gasteiger partial charge >= 0.3 is 0 Å². The quantitative estimate of drug-likeness (QED) is 0.455. The fourth-order valence-corrected chi connectivity index (χ4v) is 2.62. The Hall–Kier alpha value is -1.37. The molecule has 0 aliphatic carbocycles. The van der Waals surface area contributed by atoms with Crippen molar-refractivity contribution in [1.82, 2.24) is 5.06 Å². The lowest BCUT2D eigenvalue weighted by Crippen LogP contribution is -2.35. The fraction of sp³-hybridized carbons (Fsp3) is 0.611. The molecule has 2 unspecified atom stereocenters. The first-order chi connectivity index (χ1) is 10.2. The number of hydrogen-bond donors (Lipinski definition) is 0. The molecule has 2 atom stereocenters. The summed E-state index contributed by atoms with van der Waals surface area (Å²) in [6, 6.07) is 12.5. The minimum atomic E-state index is -0.188. The highest BCUT2D eigenvalue weighted by Gasteiger charge is 2.24. The molecule has 0 fully saturated rings. The van der Waals surface area contributed by atoms with E-state index in [9.17, 15) is 5.26 Å². The molecule has 1 aromatic carbocycles. The van der Waals surface area contributed by atoms with Crippen LogP contribution in [0, 0.1) is 11.3 Å². The van der Waals surface area contributed by atoms with Crippen molar-refractivity contribution in [2.24, 2.45) is 0 Å². The summed E-state index contributed by atoms with van der Waals surface area (Å²) in [4.78, 5) is 5.51. The Labute approximate surface area is 129 Å². The molecule has 0 amide bonds. The molecule has 0 bridgehead atoms. The van der Waals surface area contributed by atoms with E-state index < -0.39 is 0 Å². The van der Waals surface area contributed by atoms with Gasteiger partial charge in [-0.15, -0.1) is 0 Å². The van der Waals surface area contributed by atoms with Gasteiger partial charge in [-0.1, -0.05) is 69.4 Å². The van der Waals surface area contributed by atoms with Gasteiger partial charge in [-0.25, -0.2) is 0 Å². The Morgan fingerprint density at radius 2 is 1.81 bits per heavy atom. The first-order valence-corrected chi connectivity index (χ1v) is 8.01. The third kappa shape index (κ3) is 5.87. The first-order valence-electron chi connectivity index (χ1n) is 8.01. The Kier molecular flexibility index (Phi) is 8.73. The van der Waals surface area contributed by atoms with Crippen molar-refractivity contribution in [3.63, 3.8) is 0 Å². The second-order valence-corrected chi connectivity index (χ2v) is 5.48. The van der Waals surface area contributed by atoms with Gasteiger partial charge in [-0.2, -0.15) is 10.3 Å². The number of benzene rings is 1. The molecule has 0 aliphatic rings. The van der Waals surface area contributed by atoms with E-state index in [2.05, 4.69) is 32.0 Å². The predicted octanol–water partition coefficient (Wildman–Crippen LogP) is 4.86. The summed E-state index contributed by atoms with van der Waals surface area (Å²) >= 11 is 0. The van der Waals surface area contributed by atoms with Gasteiger partial charge in [-0.05, 0) is 18.9 Å². The van der Waals surface area contributed by atoms with Crippen LogP contribution in [0.3, 0.4) is 0 Å². The number of nitriles is 1. The van der Waals surface area contributed by atoms with Crippen LogP contribution >= 0.6 is 0 Å². The van der Waals surface area contributed by atoms with Gasteiger partial charge in [0.15, 0.2) is 0 Å². The molecule has 1 rings (SSSR count). The molecule has 3 nitrogen and oxygen atoms in total. The number of hydrogen-bond acceptors (Lipinski definition) is 3. The molecule has 21 heavy (non-hydrogen) atoms. The Balaban J connectivity index is 2.57. The number of unbranched alkanes of at least 4 members (excludes halogenated alkanes) is 4. The molecular formula is C18H28N2O. The van der Waals surface area contributed by atoms with E-state index >= 15 is 0 Å². The standard InChI is InChI=1S/C18H28N2O/c1-4-5-6-7-11-14-18(15-19)20(21-3)16(2)17-12-9-8-10-13-17/h8-10,12-13,16,18H,4-7,11,14H2,1-3H3. The molecule has 0 heterocycles. The minimum Gasteiger partial charge on any atom is -0.300 e. The summed E-state index contributed by atoms with van der Waals surface area (Å²) in [5.41, 5.74) is 1.17. The normalized spacial score (nSPS) is 13.9. The molecule has 0 spiro atoms. The van der Waals surface area contributed by atoms with Crippen LogP contribution in [0.5, 0.6) is 0 Å². The lowest BCUT2D eigenvalue weighted by Gasteiger charge is -2.30. The third-order valence-corrected chi connectivity index (χ3v) is 3.91. The molecule has 116 valence electrons. The summed E-state index contributed by atoms with van der Waals surface area (Å²) in [5.74, 6) is 0. The van der Waals surface area contributed by atoms with E-state index in [-0.39, 0.29) is 12.1 Å². The molecular weight excluding hydrogens is 260 g/mol. The zero-order valence-corrected chi connectivity index (χ0v) is 13.6. The van der Waals surface area contributed by atoms with E-state index in [0.29, 0.717) is 0 Å². The van der Waals surface area contributed by atoms with Crippen LogP contribution in [-0.4, -0.2) is 18.2 Å². The molecule has 0 N–H and O–H groups in total. The average molecular weight is 288 g/mol. The van der Waals surface area contributed by atoms with Crippen LogP contribution < -0.4 is 0 Å². The Bertz CT molecular complexity index is 413. The smallest absolute Gasteiger partial charge is 0.122 e. The first kappa shape index (κ1) is 17.7. The summed E-state index contributed by atoms with van der Waals surface area (Å²) in [6.07, 6.45) is 6.94. The van der Waals surface area contributed by atoms with Crippen LogP contribution in [0.4, 0.5) is 0 Å². The van der Waals surface area contributed by atoms with E-state index in [1.165, 1.54) is 31.2 Å². The monoisotopic (exact) mass is 288 g/mol. The minimum absolute atomic E-state index is 0.0801. The van der Waals surface area contributed by atoms with Crippen molar-refractivity contribution in [3.05, 3.63) is 35.9 Å². The highest BCUT2D eigenvalue weighted by molar-refractivity contribution is 5.18. The van der Waals surface area contributed by atoms with Gasteiger partial charge in [-0.3, -0.25) is 0 Å². The van der Waals surface area contributed by atoms with Crippen molar-refractivity contribution in [1.29, 1.82) is 5.26 Å². The largest absolute Gasteiger partial charge is 0.300 e. The molecule has 0 aromatic heterocycles. The SMILES string of the molecule is CCCCCCCC(C#N)N(OC)C(C)c1ccccc1. The van der Waals surface area contributed by atoms with Gasteiger partial charge in [0.2, 0.25) is 0 Å². The summed E-state index contributed by atoms with van der Waals surface area (Å²) < 4.78 is 0. The van der Waals surface area contributed by atoms with E-state index in [1.807, 2.05) is 23.3 Å². The lowest BCUT2D eigenvalue weighted by molar-refractivity contribution is -0.178. The Morgan fingerprint density at radius 3 is 2.38 bits per heavy atom. The van der Waals surface area contributed by atoms with Gasteiger partial charge < -0.3 is 4.84 Å². The zero-order valence-electron chi connectivity index (χ0n) is 13.6. The average Bonchev–Trinajstić information content (AvgIpc) is 2.54. The van der Waals surface area contributed by atoms with E-state index in [4.69, 9.17) is 4.84 Å². The van der Waals surface area contributed by atoms with Gasteiger partial charge in [0.05, 0.1) is 19.2 Å². The molecule has 0 radical (unpaired) electrons. The highest BCUT2D eigenvalue weighted by Crippen LogP contribution is 2.24. The van der Waals surface area contributed by atoms with Crippen LogP contribution in [-0.2, 0) is 4.84 Å². The maximum Gasteiger partial charge on any atom is 0.122 e. The highest BCUT2D eigenvalue weighted by atomic mass is 16.7. The van der Waals surface area contributed by atoms with Crippen molar-refractivity contribution >= 4 is 0 Å². The summed E-state index contributed by atoms with van der Waals surface area (Å²) in [7, 11) is 1.65. The molecule has 1 aromatic rings. The van der Waals surface area contributed by atoms with Crippen molar-refractivity contribution in [2.75, 3.05) is 7.11 Å². The zero-order chi connectivity index (χ0) is 15.5. The van der Waals surface area contributed by atoms with Crippen molar-refractivity contribution in [3.8, 4) is 6.07 Å². The number of hydroxylamine groups is 2. The van der Waals surface area contributed by atoms with Crippen molar-refractivity contribution < 1.29 is 4.84 Å². The fourth-order valence-electron chi connectivity index (χ4n) is 2.62. The number of nitrogens with zero attached hydrogens (tertiary/aromatic N) is 2. The Morgan fingerprint density at radius 1 is 1.14 bits per heavy atom. The van der Waals surface area contributed by atoms with Crippen LogP contribution in [0.2, 0.25) is 0 Å². The molecule has 0 saturated heterocycles. The summed E-state index contributed by atoms with van der Waals surface area (Å²) in [5, 5.41) is 11.3. The molecule has 0 aliphatic heterocycles. The molecule has 3 heteroatoms. The van der Waals surface area contributed by atoms with Crippen molar-refractivity contribution in [2.45, 2.75) is 64.5 Å². The molecule has 0 saturated carbocycles. The predicted molar refractivity (Wildman–Crippen MR) is 86.5 cm³/mol. The summed E-state index contributed by atoms with van der Waals surface area (Å²) in [6.45, 7) is 4.30. The van der Waals surface area contributed by atoms with Crippen LogP contribution in [0.15, 0.2) is 30.3 Å². The second kappa shape index (κ2) is 10.4. The van der Waals surface area contributed by atoms with E-state index in [1.54, 1.807) is 7.11 Å². The second-order valence-electron chi connectivity index (χ2n) is 5.48. The van der Waals surface area contributed by atoms with Gasteiger partial charge in [0.1, 0.15) is 6.04 Å². The topological polar surface area (TPSA) is 36.3 Å². The third-order valence-electron chi connectivity index (χ3n) is 3.91. The van der Waals surface area contributed by atoms with Crippen LogP contribution in [0.25, 0.3) is 0 Å². The van der Waals surface area contributed by atoms with E-state index in [0.717, 1.165) is 12.8 Å².